The van der Waals surface area contributed by atoms with Gasteiger partial charge in [0, 0.05) is 12.1 Å². The van der Waals surface area contributed by atoms with Crippen LogP contribution in [0.2, 0.25) is 0 Å². The molecule has 0 aliphatic heterocycles. The SMILES string of the molecule is CNNCc1cc(F)ccc1F. The number of nitrogens with one attached hydrogen (secondary N) is 2. The average molecular weight is 172 g/mol. The number of hydrogen-bond donors (Lipinski definition) is 2. The fourth-order valence-corrected chi connectivity index (χ4v) is 0.862. The summed E-state index contributed by atoms with van der Waals surface area (Å²) in [6.07, 6.45) is 0. The van der Waals surface area contributed by atoms with Gasteiger partial charge in [-0.25, -0.2) is 8.78 Å². The summed E-state index contributed by atoms with van der Waals surface area (Å²) < 4.78 is 25.4. The molecule has 66 valence electrons. The second-order valence-corrected chi connectivity index (χ2v) is 2.34. The second kappa shape index (κ2) is 4.13. The van der Waals surface area contributed by atoms with E-state index >= 15 is 0 Å². The van der Waals surface area contributed by atoms with Crippen molar-refractivity contribution >= 4 is 0 Å². The Morgan fingerprint density at radius 2 is 2.08 bits per heavy atom. The van der Waals surface area contributed by atoms with Crippen molar-refractivity contribution in [2.24, 2.45) is 0 Å². The van der Waals surface area contributed by atoms with E-state index in [0.29, 0.717) is 5.56 Å². The van der Waals surface area contributed by atoms with Crippen molar-refractivity contribution < 1.29 is 8.78 Å². The number of halogens is 2. The number of benzene rings is 1. The van der Waals surface area contributed by atoms with Gasteiger partial charge in [0.2, 0.25) is 0 Å². The lowest BCUT2D eigenvalue weighted by Gasteiger charge is -2.03. The largest absolute Gasteiger partial charge is 0.261 e. The molecule has 0 unspecified atom stereocenters. The van der Waals surface area contributed by atoms with E-state index in [1.807, 2.05) is 0 Å². The van der Waals surface area contributed by atoms with Crippen molar-refractivity contribution in [2.75, 3.05) is 7.05 Å². The smallest absolute Gasteiger partial charge is 0.127 e. The molecule has 0 heterocycles. The molecular formula is C8H10F2N2. The topological polar surface area (TPSA) is 24.1 Å². The van der Waals surface area contributed by atoms with Crippen molar-refractivity contribution in [3.05, 3.63) is 35.4 Å². The summed E-state index contributed by atoms with van der Waals surface area (Å²) in [5, 5.41) is 0. The van der Waals surface area contributed by atoms with Crippen molar-refractivity contribution in [3.63, 3.8) is 0 Å². The molecule has 2 nitrogen and oxygen atoms in total. The molecule has 1 rings (SSSR count). The second-order valence-electron chi connectivity index (χ2n) is 2.34. The Balaban J connectivity index is 2.75. The van der Waals surface area contributed by atoms with Gasteiger partial charge in [0.15, 0.2) is 0 Å². The Kier molecular flexibility index (Phi) is 3.13. The minimum atomic E-state index is -0.427. The normalized spacial score (nSPS) is 10.2. The van der Waals surface area contributed by atoms with Gasteiger partial charge in [0.25, 0.3) is 0 Å². The maximum atomic E-state index is 12.9. The highest BCUT2D eigenvalue weighted by atomic mass is 19.1. The molecule has 0 aliphatic carbocycles. The van der Waals surface area contributed by atoms with E-state index in [2.05, 4.69) is 10.9 Å². The summed E-state index contributed by atoms with van der Waals surface area (Å²) in [7, 11) is 1.66. The molecule has 0 amide bonds. The van der Waals surface area contributed by atoms with Gasteiger partial charge in [-0.05, 0) is 25.2 Å². The van der Waals surface area contributed by atoms with Crippen LogP contribution in [0, 0.1) is 11.6 Å². The van der Waals surface area contributed by atoms with E-state index < -0.39 is 11.6 Å². The van der Waals surface area contributed by atoms with Crippen molar-refractivity contribution in [1.29, 1.82) is 0 Å². The Hall–Kier alpha value is -1.00. The van der Waals surface area contributed by atoms with Gasteiger partial charge in [-0.2, -0.15) is 0 Å². The maximum Gasteiger partial charge on any atom is 0.127 e. The first-order valence-corrected chi connectivity index (χ1v) is 3.57. The highest BCUT2D eigenvalue weighted by Crippen LogP contribution is 2.08. The van der Waals surface area contributed by atoms with E-state index in [1.54, 1.807) is 7.05 Å². The molecule has 0 bridgehead atoms. The summed E-state index contributed by atoms with van der Waals surface area (Å²) in [5.41, 5.74) is 5.61. The monoisotopic (exact) mass is 172 g/mol. The van der Waals surface area contributed by atoms with Crippen LogP contribution < -0.4 is 10.9 Å². The zero-order valence-corrected chi connectivity index (χ0v) is 6.70. The third-order valence-electron chi connectivity index (χ3n) is 1.46. The summed E-state index contributed by atoms with van der Waals surface area (Å²) >= 11 is 0. The van der Waals surface area contributed by atoms with Crippen LogP contribution in [0.5, 0.6) is 0 Å². The van der Waals surface area contributed by atoms with E-state index in [4.69, 9.17) is 0 Å². The van der Waals surface area contributed by atoms with Crippen LogP contribution in [0.15, 0.2) is 18.2 Å². The quantitative estimate of drug-likeness (QED) is 0.669. The maximum absolute atomic E-state index is 12.9. The standard InChI is InChI=1S/C8H10F2N2/c1-11-12-5-6-4-7(9)2-3-8(6)10/h2-4,11-12H,5H2,1H3. The third kappa shape index (κ3) is 2.25. The van der Waals surface area contributed by atoms with E-state index in [1.165, 1.54) is 6.07 Å². The van der Waals surface area contributed by atoms with Gasteiger partial charge in [-0.15, -0.1) is 0 Å². The van der Waals surface area contributed by atoms with Crippen LogP contribution in [-0.4, -0.2) is 7.05 Å². The van der Waals surface area contributed by atoms with Crippen LogP contribution >= 0.6 is 0 Å². The van der Waals surface area contributed by atoms with Gasteiger partial charge in [0.05, 0.1) is 0 Å². The number of hydrogen-bond acceptors (Lipinski definition) is 2. The molecule has 12 heavy (non-hydrogen) atoms. The lowest BCUT2D eigenvalue weighted by atomic mass is 10.2. The highest BCUT2D eigenvalue weighted by Gasteiger charge is 2.01. The first kappa shape index (κ1) is 9.09. The van der Waals surface area contributed by atoms with E-state index in [-0.39, 0.29) is 6.54 Å². The van der Waals surface area contributed by atoms with E-state index in [9.17, 15) is 8.78 Å². The fourth-order valence-electron chi connectivity index (χ4n) is 0.862. The molecule has 0 saturated carbocycles. The van der Waals surface area contributed by atoms with Crippen LogP contribution in [0.3, 0.4) is 0 Å². The Morgan fingerprint density at radius 3 is 2.75 bits per heavy atom. The molecule has 0 atom stereocenters. The van der Waals surface area contributed by atoms with Gasteiger partial charge >= 0.3 is 0 Å². The zero-order chi connectivity index (χ0) is 8.97. The van der Waals surface area contributed by atoms with Gasteiger partial charge in [0.1, 0.15) is 11.6 Å². The Labute approximate surface area is 69.6 Å². The first-order chi connectivity index (χ1) is 5.74. The number of hydrazine groups is 1. The first-order valence-electron chi connectivity index (χ1n) is 3.57. The minimum absolute atomic E-state index is 0.264. The molecule has 0 aliphatic rings. The average Bonchev–Trinajstić information content (AvgIpc) is 2.07. The molecule has 0 radical (unpaired) electrons. The van der Waals surface area contributed by atoms with Crippen molar-refractivity contribution in [3.8, 4) is 0 Å². The van der Waals surface area contributed by atoms with Crippen LogP contribution in [-0.2, 0) is 6.54 Å². The van der Waals surface area contributed by atoms with Gasteiger partial charge in [-0.3, -0.25) is 10.9 Å². The summed E-state index contributed by atoms with van der Waals surface area (Å²) in [5.74, 6) is -0.830. The Morgan fingerprint density at radius 1 is 1.33 bits per heavy atom. The van der Waals surface area contributed by atoms with Crippen molar-refractivity contribution in [1.82, 2.24) is 10.9 Å². The summed E-state index contributed by atoms with van der Waals surface area (Å²) in [6.45, 7) is 0.264. The van der Waals surface area contributed by atoms with Gasteiger partial charge in [-0.1, -0.05) is 0 Å². The van der Waals surface area contributed by atoms with Crippen molar-refractivity contribution in [2.45, 2.75) is 6.54 Å². The molecular weight excluding hydrogens is 162 g/mol. The predicted octanol–water partition coefficient (Wildman–Crippen LogP) is 1.19. The predicted molar refractivity (Wildman–Crippen MR) is 42.3 cm³/mol. The molecule has 0 fully saturated rings. The Bertz CT molecular complexity index is 263. The molecule has 0 spiro atoms. The van der Waals surface area contributed by atoms with Gasteiger partial charge < -0.3 is 0 Å². The minimum Gasteiger partial charge on any atom is -0.261 e. The van der Waals surface area contributed by atoms with Crippen LogP contribution in [0.1, 0.15) is 5.56 Å². The molecule has 4 heteroatoms. The third-order valence-corrected chi connectivity index (χ3v) is 1.46. The molecule has 0 aromatic heterocycles. The lowest BCUT2D eigenvalue weighted by Crippen LogP contribution is -2.27. The summed E-state index contributed by atoms with van der Waals surface area (Å²) in [6, 6.07) is 3.37. The van der Waals surface area contributed by atoms with Crippen LogP contribution in [0.4, 0.5) is 8.78 Å². The number of rotatable bonds is 3. The molecule has 0 saturated heterocycles. The lowest BCUT2D eigenvalue weighted by molar-refractivity contribution is 0.544. The molecule has 1 aromatic carbocycles. The molecule has 1 aromatic rings. The fraction of sp³-hybridized carbons (Fsp3) is 0.250. The van der Waals surface area contributed by atoms with Crippen LogP contribution in [0.25, 0.3) is 0 Å². The highest BCUT2D eigenvalue weighted by molar-refractivity contribution is 5.18. The zero-order valence-electron chi connectivity index (χ0n) is 6.70. The van der Waals surface area contributed by atoms with E-state index in [0.717, 1.165) is 12.1 Å². The summed E-state index contributed by atoms with van der Waals surface area (Å²) in [4.78, 5) is 0. The molecule has 2 N–H and O–H groups in total.